The Balaban J connectivity index is 2.35. The van der Waals surface area contributed by atoms with Crippen molar-refractivity contribution >= 4 is 16.7 Å². The zero-order chi connectivity index (χ0) is 13.7. The van der Waals surface area contributed by atoms with Crippen molar-refractivity contribution in [3.63, 3.8) is 0 Å². The topological polar surface area (TPSA) is 53.4 Å². The van der Waals surface area contributed by atoms with Gasteiger partial charge in [-0.2, -0.15) is 0 Å². The van der Waals surface area contributed by atoms with Crippen LogP contribution in [0.5, 0.6) is 0 Å². The zero-order valence-electron chi connectivity index (χ0n) is 11.0. The predicted octanol–water partition coefficient (Wildman–Crippen LogP) is 2.08. The van der Waals surface area contributed by atoms with E-state index in [0.29, 0.717) is 25.2 Å². The maximum Gasteiger partial charge on any atom is 0.273 e. The molecular formula is C15H18N2O2. The van der Waals surface area contributed by atoms with Crippen LogP contribution in [0.1, 0.15) is 23.8 Å². The second kappa shape index (κ2) is 6.29. The Morgan fingerprint density at radius 2 is 2.11 bits per heavy atom. The highest BCUT2D eigenvalue weighted by atomic mass is 16.3. The molecule has 0 radical (unpaired) electrons. The molecule has 1 N–H and O–H groups in total. The highest BCUT2D eigenvalue weighted by Gasteiger charge is 2.17. The van der Waals surface area contributed by atoms with Crippen LogP contribution < -0.4 is 0 Å². The van der Waals surface area contributed by atoms with Gasteiger partial charge in [0.25, 0.3) is 5.91 Å². The lowest BCUT2D eigenvalue weighted by Crippen LogP contribution is -2.32. The van der Waals surface area contributed by atoms with E-state index in [9.17, 15) is 4.79 Å². The van der Waals surface area contributed by atoms with Gasteiger partial charge in [0.05, 0.1) is 0 Å². The molecule has 1 amide bonds. The Morgan fingerprint density at radius 3 is 2.84 bits per heavy atom. The molecule has 0 aliphatic heterocycles. The Kier molecular flexibility index (Phi) is 4.47. The first-order chi connectivity index (χ1) is 9.27. The molecule has 2 aromatic rings. The van der Waals surface area contributed by atoms with Crippen LogP contribution in [0.3, 0.4) is 0 Å². The molecule has 0 bridgehead atoms. The van der Waals surface area contributed by atoms with Crippen molar-refractivity contribution in [2.24, 2.45) is 0 Å². The van der Waals surface area contributed by atoms with Crippen molar-refractivity contribution in [3.8, 4) is 0 Å². The number of pyridine rings is 1. The molecule has 0 unspecified atom stereocenters. The lowest BCUT2D eigenvalue weighted by molar-refractivity contribution is 0.0750. The Morgan fingerprint density at radius 1 is 1.32 bits per heavy atom. The molecule has 0 fully saturated rings. The number of fused-ring (bicyclic) bond motifs is 1. The van der Waals surface area contributed by atoms with E-state index < -0.39 is 0 Å². The lowest BCUT2D eigenvalue weighted by Gasteiger charge is -2.20. The van der Waals surface area contributed by atoms with Crippen LogP contribution in [0, 0.1) is 0 Å². The second-order valence-corrected chi connectivity index (χ2v) is 4.34. The van der Waals surface area contributed by atoms with E-state index >= 15 is 0 Å². The average molecular weight is 258 g/mol. The third-order valence-corrected chi connectivity index (χ3v) is 3.13. The molecular weight excluding hydrogens is 240 g/mol. The van der Waals surface area contributed by atoms with Gasteiger partial charge in [0, 0.05) is 31.3 Å². The van der Waals surface area contributed by atoms with Crippen molar-refractivity contribution in [1.82, 2.24) is 9.88 Å². The normalized spacial score (nSPS) is 10.6. The average Bonchev–Trinajstić information content (AvgIpc) is 2.47. The van der Waals surface area contributed by atoms with Crippen LogP contribution in [0.15, 0.2) is 36.5 Å². The summed E-state index contributed by atoms with van der Waals surface area (Å²) in [6.45, 7) is 3.19. The van der Waals surface area contributed by atoms with Crippen molar-refractivity contribution < 1.29 is 9.90 Å². The Hall–Kier alpha value is -1.94. The van der Waals surface area contributed by atoms with Gasteiger partial charge in [0.1, 0.15) is 5.69 Å². The van der Waals surface area contributed by atoms with Gasteiger partial charge in [-0.3, -0.25) is 9.78 Å². The summed E-state index contributed by atoms with van der Waals surface area (Å²) in [6, 6.07) is 9.63. The summed E-state index contributed by atoms with van der Waals surface area (Å²) in [5, 5.41) is 10.8. The predicted molar refractivity (Wildman–Crippen MR) is 75.0 cm³/mol. The first-order valence-corrected chi connectivity index (χ1v) is 6.51. The van der Waals surface area contributed by atoms with E-state index in [2.05, 4.69) is 4.98 Å². The van der Waals surface area contributed by atoms with Crippen LogP contribution in [0.2, 0.25) is 0 Å². The molecule has 4 heteroatoms. The molecule has 0 aliphatic rings. The Labute approximate surface area is 112 Å². The van der Waals surface area contributed by atoms with E-state index in [4.69, 9.17) is 5.11 Å². The molecule has 100 valence electrons. The number of aliphatic hydroxyl groups excluding tert-OH is 1. The number of aromatic nitrogens is 1. The monoisotopic (exact) mass is 258 g/mol. The van der Waals surface area contributed by atoms with Gasteiger partial charge in [-0.25, -0.2) is 0 Å². The molecule has 0 saturated carbocycles. The summed E-state index contributed by atoms with van der Waals surface area (Å²) < 4.78 is 0. The number of carbonyl (C=O) groups excluding carboxylic acids is 1. The third-order valence-electron chi connectivity index (χ3n) is 3.13. The maximum absolute atomic E-state index is 12.5. The van der Waals surface area contributed by atoms with Gasteiger partial charge in [-0.05, 0) is 24.8 Å². The second-order valence-electron chi connectivity index (χ2n) is 4.34. The van der Waals surface area contributed by atoms with Crippen LogP contribution in [0.25, 0.3) is 10.8 Å². The SMILES string of the molecule is CCN(CCCO)C(=O)c1nccc2ccccc12. The van der Waals surface area contributed by atoms with Gasteiger partial charge in [0.15, 0.2) is 0 Å². The minimum Gasteiger partial charge on any atom is -0.396 e. The zero-order valence-corrected chi connectivity index (χ0v) is 11.0. The van der Waals surface area contributed by atoms with E-state index in [1.165, 1.54) is 0 Å². The van der Waals surface area contributed by atoms with Gasteiger partial charge < -0.3 is 10.0 Å². The number of hydrogen-bond acceptors (Lipinski definition) is 3. The summed E-state index contributed by atoms with van der Waals surface area (Å²) in [6.07, 6.45) is 2.25. The fourth-order valence-electron chi connectivity index (χ4n) is 2.10. The molecule has 1 aromatic carbocycles. The van der Waals surface area contributed by atoms with Crippen LogP contribution in [-0.4, -0.2) is 40.6 Å². The molecule has 1 heterocycles. The summed E-state index contributed by atoms with van der Waals surface area (Å²) in [5.74, 6) is -0.0762. The molecule has 0 saturated heterocycles. The number of carbonyl (C=O) groups is 1. The van der Waals surface area contributed by atoms with Gasteiger partial charge in [0.2, 0.25) is 0 Å². The van der Waals surface area contributed by atoms with Crippen molar-refractivity contribution in [2.45, 2.75) is 13.3 Å². The minimum atomic E-state index is -0.0762. The minimum absolute atomic E-state index is 0.0762. The van der Waals surface area contributed by atoms with Gasteiger partial charge in [-0.1, -0.05) is 24.3 Å². The van der Waals surface area contributed by atoms with Crippen LogP contribution in [-0.2, 0) is 0 Å². The quantitative estimate of drug-likeness (QED) is 0.893. The number of amides is 1. The molecule has 19 heavy (non-hydrogen) atoms. The summed E-state index contributed by atoms with van der Waals surface area (Å²) in [7, 11) is 0. The molecule has 2 rings (SSSR count). The third kappa shape index (κ3) is 2.90. The maximum atomic E-state index is 12.5. The number of benzene rings is 1. The standard InChI is InChI=1S/C15H18N2O2/c1-2-17(10-5-11-18)15(19)14-13-7-4-3-6-12(13)8-9-16-14/h3-4,6-9,18H,2,5,10-11H2,1H3. The van der Waals surface area contributed by atoms with E-state index in [0.717, 1.165) is 10.8 Å². The summed E-state index contributed by atoms with van der Waals surface area (Å²) >= 11 is 0. The molecule has 4 nitrogen and oxygen atoms in total. The first-order valence-electron chi connectivity index (χ1n) is 6.51. The number of rotatable bonds is 5. The highest BCUT2D eigenvalue weighted by molar-refractivity contribution is 6.05. The van der Waals surface area contributed by atoms with Crippen LogP contribution in [0.4, 0.5) is 0 Å². The largest absolute Gasteiger partial charge is 0.396 e. The van der Waals surface area contributed by atoms with Crippen molar-refractivity contribution in [3.05, 3.63) is 42.2 Å². The van der Waals surface area contributed by atoms with Gasteiger partial charge >= 0.3 is 0 Å². The number of nitrogens with zero attached hydrogens (tertiary/aromatic N) is 2. The van der Waals surface area contributed by atoms with Crippen LogP contribution >= 0.6 is 0 Å². The Bertz CT molecular complexity index is 564. The van der Waals surface area contributed by atoms with Gasteiger partial charge in [-0.15, -0.1) is 0 Å². The van der Waals surface area contributed by atoms with Crippen molar-refractivity contribution in [2.75, 3.05) is 19.7 Å². The van der Waals surface area contributed by atoms with E-state index in [1.54, 1.807) is 11.1 Å². The summed E-state index contributed by atoms with van der Waals surface area (Å²) in [4.78, 5) is 18.4. The number of hydrogen-bond donors (Lipinski definition) is 1. The smallest absolute Gasteiger partial charge is 0.273 e. The highest BCUT2D eigenvalue weighted by Crippen LogP contribution is 2.17. The fraction of sp³-hybridized carbons (Fsp3) is 0.333. The molecule has 0 aliphatic carbocycles. The first kappa shape index (κ1) is 13.5. The van der Waals surface area contributed by atoms with Crippen molar-refractivity contribution in [1.29, 1.82) is 0 Å². The molecule has 0 spiro atoms. The number of aliphatic hydroxyl groups is 1. The van der Waals surface area contributed by atoms with E-state index in [-0.39, 0.29) is 12.5 Å². The van der Waals surface area contributed by atoms with E-state index in [1.807, 2.05) is 37.3 Å². The lowest BCUT2D eigenvalue weighted by atomic mass is 10.1. The summed E-state index contributed by atoms with van der Waals surface area (Å²) in [5.41, 5.74) is 0.484. The fourth-order valence-corrected chi connectivity index (χ4v) is 2.10. The molecule has 1 aromatic heterocycles. The molecule has 0 atom stereocenters.